The second-order valence-corrected chi connectivity index (χ2v) is 5.35. The number of fused-ring (bicyclic) bond motifs is 1. The molecule has 0 fully saturated rings. The van der Waals surface area contributed by atoms with Gasteiger partial charge in [-0.3, -0.25) is 0 Å². The molecule has 1 N–H and O–H groups in total. The average molecular weight is 271 g/mol. The summed E-state index contributed by atoms with van der Waals surface area (Å²) in [6.45, 7) is 0. The summed E-state index contributed by atoms with van der Waals surface area (Å²) >= 11 is 7.81. The number of para-hydroxylation sites is 1. The van der Waals surface area contributed by atoms with Crippen LogP contribution in [0.5, 0.6) is 0 Å². The van der Waals surface area contributed by atoms with Gasteiger partial charge < -0.3 is 9.52 Å². The predicted octanol–water partition coefficient (Wildman–Crippen LogP) is 4.26. The van der Waals surface area contributed by atoms with Crippen LogP contribution in [0.1, 0.15) is 24.7 Å². The van der Waals surface area contributed by atoms with E-state index in [1.807, 2.05) is 18.2 Å². The van der Waals surface area contributed by atoms with E-state index >= 15 is 0 Å². The first-order chi connectivity index (χ1) is 8.22. The van der Waals surface area contributed by atoms with E-state index in [9.17, 15) is 5.11 Å². The summed E-state index contributed by atoms with van der Waals surface area (Å²) in [5.74, 6) is 1.66. The number of hydrogen-bond donors (Lipinski definition) is 1. The average Bonchev–Trinajstić information content (AvgIpc) is 2.75. The molecule has 1 atom stereocenters. The normalized spacial score (nSPS) is 13.1. The van der Waals surface area contributed by atoms with Gasteiger partial charge in [-0.2, -0.15) is 11.8 Å². The molecule has 0 aliphatic carbocycles. The highest BCUT2D eigenvalue weighted by atomic mass is 35.5. The summed E-state index contributed by atoms with van der Waals surface area (Å²) in [6.07, 6.45) is 3.23. The molecular weight excluding hydrogens is 256 g/mol. The Balaban J connectivity index is 2.16. The van der Waals surface area contributed by atoms with E-state index in [-0.39, 0.29) is 0 Å². The summed E-state index contributed by atoms with van der Waals surface area (Å²) < 4.78 is 5.60. The van der Waals surface area contributed by atoms with Crippen molar-refractivity contribution in [3.63, 3.8) is 0 Å². The molecule has 92 valence electrons. The van der Waals surface area contributed by atoms with Crippen molar-refractivity contribution in [1.29, 1.82) is 0 Å². The molecule has 2 aromatic rings. The standard InChI is InChI=1S/C13H15ClO2S/c1-17-7-3-6-11(15)12-8-9-4-2-5-10(14)13(9)16-12/h2,4-5,8,11,15H,3,6-7H2,1H3. The van der Waals surface area contributed by atoms with Gasteiger partial charge in [-0.15, -0.1) is 0 Å². The van der Waals surface area contributed by atoms with E-state index in [4.69, 9.17) is 16.0 Å². The molecule has 0 amide bonds. The smallest absolute Gasteiger partial charge is 0.152 e. The third-order valence-corrected chi connectivity index (χ3v) is 3.66. The van der Waals surface area contributed by atoms with E-state index < -0.39 is 6.10 Å². The minimum Gasteiger partial charge on any atom is -0.457 e. The Morgan fingerprint density at radius 2 is 2.29 bits per heavy atom. The number of benzene rings is 1. The molecule has 0 saturated carbocycles. The fraction of sp³-hybridized carbons (Fsp3) is 0.385. The Morgan fingerprint density at radius 1 is 1.47 bits per heavy atom. The van der Waals surface area contributed by atoms with Crippen molar-refractivity contribution < 1.29 is 9.52 Å². The maximum absolute atomic E-state index is 9.99. The fourth-order valence-electron chi connectivity index (χ4n) is 1.77. The van der Waals surface area contributed by atoms with Gasteiger partial charge in [0.1, 0.15) is 11.9 Å². The zero-order valence-electron chi connectivity index (χ0n) is 9.65. The van der Waals surface area contributed by atoms with Crippen LogP contribution in [0.15, 0.2) is 28.7 Å². The van der Waals surface area contributed by atoms with Crippen molar-refractivity contribution in [2.24, 2.45) is 0 Å². The summed E-state index contributed by atoms with van der Waals surface area (Å²) in [4.78, 5) is 0. The number of rotatable bonds is 5. The third-order valence-electron chi connectivity index (χ3n) is 2.67. The molecule has 1 unspecified atom stereocenters. The zero-order valence-corrected chi connectivity index (χ0v) is 11.2. The molecule has 0 aliphatic heterocycles. The van der Waals surface area contributed by atoms with Crippen molar-refractivity contribution in [2.45, 2.75) is 18.9 Å². The van der Waals surface area contributed by atoms with Gasteiger partial charge in [-0.25, -0.2) is 0 Å². The Bertz CT molecular complexity index is 495. The minimum absolute atomic E-state index is 0.536. The Kier molecular flexibility index (Phi) is 4.37. The van der Waals surface area contributed by atoms with Crippen molar-refractivity contribution in [3.8, 4) is 0 Å². The first-order valence-corrected chi connectivity index (χ1v) is 7.34. The molecular formula is C13H15ClO2S. The monoisotopic (exact) mass is 270 g/mol. The van der Waals surface area contributed by atoms with Gasteiger partial charge in [0.25, 0.3) is 0 Å². The molecule has 0 spiro atoms. The van der Waals surface area contributed by atoms with E-state index in [0.717, 1.165) is 24.0 Å². The van der Waals surface area contributed by atoms with E-state index in [2.05, 4.69) is 6.26 Å². The van der Waals surface area contributed by atoms with Crippen LogP contribution in [0.2, 0.25) is 5.02 Å². The molecule has 0 aliphatic rings. The largest absolute Gasteiger partial charge is 0.457 e. The molecule has 17 heavy (non-hydrogen) atoms. The Labute approximate surface area is 110 Å². The lowest BCUT2D eigenvalue weighted by molar-refractivity contribution is 0.142. The molecule has 1 heterocycles. The lowest BCUT2D eigenvalue weighted by Crippen LogP contribution is -1.95. The van der Waals surface area contributed by atoms with Crippen molar-refractivity contribution in [1.82, 2.24) is 0 Å². The highest BCUT2D eigenvalue weighted by molar-refractivity contribution is 7.98. The maximum Gasteiger partial charge on any atom is 0.152 e. The van der Waals surface area contributed by atoms with Crippen LogP contribution < -0.4 is 0 Å². The topological polar surface area (TPSA) is 33.4 Å². The predicted molar refractivity (Wildman–Crippen MR) is 73.8 cm³/mol. The summed E-state index contributed by atoms with van der Waals surface area (Å²) in [7, 11) is 0. The van der Waals surface area contributed by atoms with Crippen LogP contribution in [0.3, 0.4) is 0 Å². The van der Waals surface area contributed by atoms with Crippen molar-refractivity contribution in [2.75, 3.05) is 12.0 Å². The number of thioether (sulfide) groups is 1. The number of hydrogen-bond acceptors (Lipinski definition) is 3. The summed E-state index contributed by atoms with van der Waals surface area (Å²) in [6, 6.07) is 7.47. The molecule has 4 heteroatoms. The van der Waals surface area contributed by atoms with Gasteiger partial charge >= 0.3 is 0 Å². The van der Waals surface area contributed by atoms with E-state index in [1.54, 1.807) is 17.8 Å². The van der Waals surface area contributed by atoms with Crippen molar-refractivity contribution in [3.05, 3.63) is 35.0 Å². The van der Waals surface area contributed by atoms with Crippen LogP contribution in [-0.2, 0) is 0 Å². The van der Waals surface area contributed by atoms with Gasteiger partial charge in [0.05, 0.1) is 5.02 Å². The highest BCUT2D eigenvalue weighted by Crippen LogP contribution is 2.30. The molecule has 2 nitrogen and oxygen atoms in total. The van der Waals surface area contributed by atoms with Crippen molar-refractivity contribution >= 4 is 34.3 Å². The van der Waals surface area contributed by atoms with Gasteiger partial charge in [0.2, 0.25) is 0 Å². The SMILES string of the molecule is CSCCCC(O)c1cc2cccc(Cl)c2o1. The highest BCUT2D eigenvalue weighted by Gasteiger charge is 2.14. The van der Waals surface area contributed by atoms with Gasteiger partial charge in [-0.1, -0.05) is 23.7 Å². The summed E-state index contributed by atoms with van der Waals surface area (Å²) in [5, 5.41) is 11.5. The fourth-order valence-corrected chi connectivity index (χ4v) is 2.45. The van der Waals surface area contributed by atoms with Gasteiger partial charge in [-0.05, 0) is 37.0 Å². The Morgan fingerprint density at radius 3 is 3.00 bits per heavy atom. The number of furan rings is 1. The van der Waals surface area contributed by atoms with Crippen LogP contribution in [-0.4, -0.2) is 17.1 Å². The van der Waals surface area contributed by atoms with E-state index in [1.165, 1.54) is 0 Å². The number of halogens is 1. The first-order valence-electron chi connectivity index (χ1n) is 5.57. The lowest BCUT2D eigenvalue weighted by Gasteiger charge is -2.05. The quantitative estimate of drug-likeness (QED) is 0.824. The van der Waals surface area contributed by atoms with Crippen LogP contribution >= 0.6 is 23.4 Å². The third kappa shape index (κ3) is 2.97. The second-order valence-electron chi connectivity index (χ2n) is 3.96. The maximum atomic E-state index is 9.99. The van der Waals surface area contributed by atoms with Crippen LogP contribution in [0.4, 0.5) is 0 Å². The molecule has 0 saturated heterocycles. The van der Waals surface area contributed by atoms with Crippen LogP contribution in [0, 0.1) is 0 Å². The van der Waals surface area contributed by atoms with Crippen LogP contribution in [0.25, 0.3) is 11.0 Å². The molecule has 2 rings (SSSR count). The minimum atomic E-state index is -0.536. The van der Waals surface area contributed by atoms with Gasteiger partial charge in [0.15, 0.2) is 5.58 Å². The lowest BCUT2D eigenvalue weighted by atomic mass is 10.1. The Hall–Kier alpha value is -0.640. The molecule has 1 aromatic carbocycles. The zero-order chi connectivity index (χ0) is 12.3. The molecule has 0 radical (unpaired) electrons. The van der Waals surface area contributed by atoms with Gasteiger partial charge in [0, 0.05) is 5.39 Å². The number of aliphatic hydroxyl groups excluding tert-OH is 1. The summed E-state index contributed by atoms with van der Waals surface area (Å²) in [5.41, 5.74) is 0.660. The second kappa shape index (κ2) is 5.80. The first kappa shape index (κ1) is 12.8. The number of aliphatic hydroxyl groups is 1. The van der Waals surface area contributed by atoms with E-state index in [0.29, 0.717) is 16.4 Å². The molecule has 1 aromatic heterocycles. The molecule has 0 bridgehead atoms.